The maximum atomic E-state index is 13.4. The van der Waals surface area contributed by atoms with Crippen LogP contribution in [0, 0.1) is 12.7 Å². The Morgan fingerprint density at radius 2 is 1.86 bits per heavy atom. The first-order valence-electron chi connectivity index (χ1n) is 11.7. The molecule has 37 heavy (non-hydrogen) atoms. The number of aryl methyl sites for hydroxylation is 1. The topological polar surface area (TPSA) is 91.4 Å². The van der Waals surface area contributed by atoms with Gasteiger partial charge in [0.15, 0.2) is 5.69 Å². The Morgan fingerprint density at radius 3 is 2.59 bits per heavy atom. The number of aromatic nitrogens is 3. The number of hydrogen-bond acceptors (Lipinski definition) is 6. The third-order valence-electron chi connectivity index (χ3n) is 5.97. The summed E-state index contributed by atoms with van der Waals surface area (Å²) in [4.78, 5) is 12.8. The van der Waals surface area contributed by atoms with E-state index in [0.717, 1.165) is 22.2 Å². The van der Waals surface area contributed by atoms with Crippen LogP contribution in [0.4, 0.5) is 4.39 Å². The minimum absolute atomic E-state index is 0.198. The van der Waals surface area contributed by atoms with Gasteiger partial charge in [-0.25, -0.2) is 9.07 Å². The molecule has 2 heterocycles. The second-order valence-electron chi connectivity index (χ2n) is 8.65. The van der Waals surface area contributed by atoms with E-state index in [2.05, 4.69) is 15.6 Å². The second kappa shape index (κ2) is 10.1. The molecule has 188 valence electrons. The molecular formula is C28H25FN4O4. The monoisotopic (exact) mass is 500 g/mol. The lowest BCUT2D eigenvalue weighted by Gasteiger charge is -2.26. The fourth-order valence-electron chi connectivity index (χ4n) is 4.13. The smallest absolute Gasteiger partial charge is 0.273 e. The van der Waals surface area contributed by atoms with Gasteiger partial charge < -0.3 is 19.3 Å². The first-order chi connectivity index (χ1) is 17.9. The maximum Gasteiger partial charge on any atom is 0.273 e. The molecule has 9 heteroatoms. The van der Waals surface area contributed by atoms with E-state index in [1.807, 2.05) is 49.4 Å². The summed E-state index contributed by atoms with van der Waals surface area (Å²) in [5, 5.41) is 12.1. The average molecular weight is 501 g/mol. The molecule has 0 aliphatic heterocycles. The van der Waals surface area contributed by atoms with Gasteiger partial charge in [-0.3, -0.25) is 4.79 Å². The van der Waals surface area contributed by atoms with Gasteiger partial charge in [-0.1, -0.05) is 17.3 Å². The number of halogens is 1. The number of ether oxygens (including phenoxy) is 2. The van der Waals surface area contributed by atoms with Gasteiger partial charge in [0.05, 0.1) is 30.6 Å². The number of benzene rings is 3. The highest BCUT2D eigenvalue weighted by Gasteiger charge is 2.25. The van der Waals surface area contributed by atoms with Crippen molar-refractivity contribution in [2.75, 3.05) is 7.11 Å². The molecule has 0 bridgehead atoms. The SMILES string of the molecule is COc1cccc([C@H](Oc2ccc3c(cnn3-c3ccc(F)cc3)c2)[C@H](C)NC(=O)c2cc(C)on2)c1. The zero-order valence-electron chi connectivity index (χ0n) is 20.5. The lowest BCUT2D eigenvalue weighted by atomic mass is 10.0. The number of nitrogens with zero attached hydrogens (tertiary/aromatic N) is 3. The normalized spacial score (nSPS) is 12.8. The van der Waals surface area contributed by atoms with E-state index in [9.17, 15) is 9.18 Å². The second-order valence-corrected chi connectivity index (χ2v) is 8.65. The van der Waals surface area contributed by atoms with Gasteiger partial charge >= 0.3 is 0 Å². The van der Waals surface area contributed by atoms with Crippen molar-refractivity contribution in [3.8, 4) is 17.2 Å². The quantitative estimate of drug-likeness (QED) is 0.306. The minimum Gasteiger partial charge on any atom is -0.497 e. The molecule has 0 aliphatic carbocycles. The first-order valence-corrected chi connectivity index (χ1v) is 11.7. The van der Waals surface area contributed by atoms with Crippen LogP contribution >= 0.6 is 0 Å². The van der Waals surface area contributed by atoms with Crippen molar-refractivity contribution in [3.05, 3.63) is 102 Å². The van der Waals surface area contributed by atoms with Crippen molar-refractivity contribution < 1.29 is 23.2 Å². The predicted octanol–water partition coefficient (Wildman–Crippen LogP) is 5.41. The number of hydrogen-bond donors (Lipinski definition) is 1. The Morgan fingerprint density at radius 1 is 1.05 bits per heavy atom. The molecule has 1 N–H and O–H groups in total. The molecule has 2 aromatic heterocycles. The number of amides is 1. The Balaban J connectivity index is 1.44. The Bertz CT molecular complexity index is 1540. The van der Waals surface area contributed by atoms with Gasteiger partial charge in [0.1, 0.15) is 29.2 Å². The summed E-state index contributed by atoms with van der Waals surface area (Å²) >= 11 is 0. The molecule has 0 unspecified atom stereocenters. The standard InChI is InChI=1S/C28H25FN4O4/c1-17-13-25(32-37-17)28(34)31-18(2)27(19-5-4-6-23(14-19)35-3)36-24-11-12-26-20(15-24)16-30-33(26)22-9-7-21(29)8-10-22/h4-16,18,27H,1-3H3,(H,31,34)/t18-,27+/m0/s1. The summed E-state index contributed by atoms with van der Waals surface area (Å²) < 4.78 is 32.0. The summed E-state index contributed by atoms with van der Waals surface area (Å²) in [5.41, 5.74) is 2.62. The molecule has 3 aromatic carbocycles. The molecule has 8 nitrogen and oxygen atoms in total. The van der Waals surface area contributed by atoms with Crippen LogP contribution in [0.15, 0.2) is 83.5 Å². The van der Waals surface area contributed by atoms with Crippen molar-refractivity contribution >= 4 is 16.8 Å². The molecule has 0 fully saturated rings. The van der Waals surface area contributed by atoms with E-state index in [0.29, 0.717) is 17.3 Å². The molecular weight excluding hydrogens is 475 g/mol. The summed E-state index contributed by atoms with van der Waals surface area (Å²) in [7, 11) is 1.60. The van der Waals surface area contributed by atoms with Crippen molar-refractivity contribution in [3.63, 3.8) is 0 Å². The predicted molar refractivity (Wildman–Crippen MR) is 136 cm³/mol. The number of carbonyl (C=O) groups is 1. The summed E-state index contributed by atoms with van der Waals surface area (Å²) in [5.74, 6) is 1.15. The lowest BCUT2D eigenvalue weighted by Crippen LogP contribution is -2.39. The highest BCUT2D eigenvalue weighted by molar-refractivity contribution is 5.92. The maximum absolute atomic E-state index is 13.4. The van der Waals surface area contributed by atoms with E-state index in [4.69, 9.17) is 14.0 Å². The number of carbonyl (C=O) groups excluding carboxylic acids is 1. The lowest BCUT2D eigenvalue weighted by molar-refractivity contribution is 0.0873. The third kappa shape index (κ3) is 5.16. The number of fused-ring (bicyclic) bond motifs is 1. The van der Waals surface area contributed by atoms with Crippen molar-refractivity contribution in [2.24, 2.45) is 0 Å². The van der Waals surface area contributed by atoms with Crippen molar-refractivity contribution in [1.82, 2.24) is 20.3 Å². The molecule has 5 rings (SSSR count). The number of methoxy groups -OCH3 is 1. The number of nitrogens with one attached hydrogen (secondary N) is 1. The molecule has 0 saturated carbocycles. The first kappa shape index (κ1) is 24.1. The fourth-order valence-corrected chi connectivity index (χ4v) is 4.13. The van der Waals surface area contributed by atoms with Crippen LogP contribution in [0.25, 0.3) is 16.6 Å². The van der Waals surface area contributed by atoms with Gasteiger partial charge in [0, 0.05) is 11.5 Å². The van der Waals surface area contributed by atoms with Crippen LogP contribution in [0.2, 0.25) is 0 Å². The van der Waals surface area contributed by atoms with E-state index in [1.165, 1.54) is 12.1 Å². The van der Waals surface area contributed by atoms with E-state index >= 15 is 0 Å². The molecule has 2 atom stereocenters. The van der Waals surface area contributed by atoms with Gasteiger partial charge in [0.25, 0.3) is 5.91 Å². The van der Waals surface area contributed by atoms with Crippen LogP contribution in [-0.4, -0.2) is 34.0 Å². The summed E-state index contributed by atoms with van der Waals surface area (Å²) in [6.45, 7) is 3.59. The Kier molecular flexibility index (Phi) is 6.59. The van der Waals surface area contributed by atoms with Gasteiger partial charge in [-0.2, -0.15) is 5.10 Å². The molecule has 0 radical (unpaired) electrons. The molecule has 0 aliphatic rings. The molecule has 0 saturated heterocycles. The molecule has 5 aromatic rings. The van der Waals surface area contributed by atoms with E-state index < -0.39 is 12.1 Å². The number of rotatable bonds is 8. The van der Waals surface area contributed by atoms with E-state index in [-0.39, 0.29) is 17.4 Å². The zero-order valence-corrected chi connectivity index (χ0v) is 20.5. The fraction of sp³-hybridized carbons (Fsp3) is 0.179. The van der Waals surface area contributed by atoms with E-state index in [1.54, 1.807) is 43.1 Å². The van der Waals surface area contributed by atoms with Crippen LogP contribution in [0.3, 0.4) is 0 Å². The minimum atomic E-state index is -0.545. The average Bonchev–Trinajstić information content (AvgIpc) is 3.54. The highest BCUT2D eigenvalue weighted by atomic mass is 19.1. The zero-order chi connectivity index (χ0) is 25.9. The third-order valence-corrected chi connectivity index (χ3v) is 5.97. The van der Waals surface area contributed by atoms with Crippen LogP contribution in [0.5, 0.6) is 11.5 Å². The molecule has 1 amide bonds. The van der Waals surface area contributed by atoms with Crippen LogP contribution < -0.4 is 14.8 Å². The Labute approximate surface area is 212 Å². The summed E-state index contributed by atoms with van der Waals surface area (Å²) in [6, 6.07) is 20.4. The highest BCUT2D eigenvalue weighted by Crippen LogP contribution is 2.30. The summed E-state index contributed by atoms with van der Waals surface area (Å²) in [6.07, 6.45) is 1.18. The molecule has 0 spiro atoms. The van der Waals surface area contributed by atoms with Gasteiger partial charge in [-0.15, -0.1) is 0 Å². The Hall–Kier alpha value is -4.66. The van der Waals surface area contributed by atoms with Gasteiger partial charge in [-0.05, 0) is 74.0 Å². The van der Waals surface area contributed by atoms with Crippen LogP contribution in [-0.2, 0) is 0 Å². The van der Waals surface area contributed by atoms with Crippen LogP contribution in [0.1, 0.15) is 34.8 Å². The van der Waals surface area contributed by atoms with Gasteiger partial charge in [0.2, 0.25) is 0 Å². The largest absolute Gasteiger partial charge is 0.497 e. The van der Waals surface area contributed by atoms with Crippen molar-refractivity contribution in [2.45, 2.75) is 26.0 Å². The van der Waals surface area contributed by atoms with Crippen molar-refractivity contribution in [1.29, 1.82) is 0 Å².